The van der Waals surface area contributed by atoms with Crippen molar-refractivity contribution in [3.05, 3.63) is 23.1 Å². The van der Waals surface area contributed by atoms with Crippen LogP contribution in [0.1, 0.15) is 12.8 Å². The minimum Gasteiger partial charge on any atom is -0.354 e. The number of carbonyl (C=O) groups is 1. The second-order valence-corrected chi connectivity index (χ2v) is 4.91. The number of hydrogen-bond donors (Lipinski definition) is 2. The van der Waals surface area contributed by atoms with Crippen LogP contribution in [-0.2, 0) is 11.3 Å². The van der Waals surface area contributed by atoms with Gasteiger partial charge in [-0.1, -0.05) is 0 Å². The van der Waals surface area contributed by atoms with Crippen molar-refractivity contribution < 1.29 is 4.79 Å². The number of H-pyrrole nitrogens is 1. The van der Waals surface area contributed by atoms with Gasteiger partial charge in [0.05, 0.1) is 5.52 Å². The average molecular weight is 262 g/mol. The number of rotatable bonds is 4. The largest absolute Gasteiger partial charge is 0.354 e. The first kappa shape index (κ1) is 11.4. The number of fused-ring (bicyclic) bond motifs is 1. The third-order valence-corrected chi connectivity index (χ3v) is 3.43. The van der Waals surface area contributed by atoms with Crippen LogP contribution in [0.25, 0.3) is 11.2 Å². The number of nitrogens with one attached hydrogen (secondary N) is 2. The lowest BCUT2D eigenvalue weighted by atomic mass is 10.4. The summed E-state index contributed by atoms with van der Waals surface area (Å²) in [6.07, 6.45) is 3.80. The first-order chi connectivity index (χ1) is 8.75. The van der Waals surface area contributed by atoms with Gasteiger partial charge < -0.3 is 10.3 Å². The van der Waals surface area contributed by atoms with Crippen molar-refractivity contribution in [1.82, 2.24) is 19.9 Å². The van der Waals surface area contributed by atoms with Crippen LogP contribution in [0.2, 0.25) is 0 Å². The van der Waals surface area contributed by atoms with E-state index in [0.29, 0.717) is 17.9 Å². The molecular weight excluding hydrogens is 248 g/mol. The van der Waals surface area contributed by atoms with Crippen LogP contribution in [0.3, 0.4) is 0 Å². The molecule has 1 aliphatic carbocycles. The summed E-state index contributed by atoms with van der Waals surface area (Å²) in [5.41, 5.74) is 1.76. The van der Waals surface area contributed by atoms with E-state index in [0.717, 1.165) is 24.0 Å². The number of hydrogen-bond acceptors (Lipinski definition) is 3. The molecule has 1 aliphatic rings. The van der Waals surface area contributed by atoms with Gasteiger partial charge in [-0.2, -0.15) is 0 Å². The minimum absolute atomic E-state index is 0.161. The summed E-state index contributed by atoms with van der Waals surface area (Å²) in [7, 11) is 0. The van der Waals surface area contributed by atoms with E-state index in [4.69, 9.17) is 12.2 Å². The third-order valence-electron chi connectivity index (χ3n) is 3.11. The van der Waals surface area contributed by atoms with Crippen molar-refractivity contribution in [2.75, 3.05) is 6.54 Å². The molecule has 0 atom stereocenters. The monoisotopic (exact) mass is 262 g/mol. The lowest BCUT2D eigenvalue weighted by Gasteiger charge is -2.05. The minimum atomic E-state index is 0.161. The van der Waals surface area contributed by atoms with Gasteiger partial charge in [-0.25, -0.2) is 4.98 Å². The maximum Gasteiger partial charge on any atom is 0.223 e. The topological polar surface area (TPSA) is 62.7 Å². The Morgan fingerprint density at radius 2 is 2.44 bits per heavy atom. The Kier molecular flexibility index (Phi) is 2.87. The number of carbonyl (C=O) groups excluding carboxylic acids is 1. The molecule has 3 rings (SSSR count). The molecule has 0 unspecified atom stereocenters. The molecule has 0 bridgehead atoms. The molecule has 2 aromatic rings. The van der Waals surface area contributed by atoms with Crippen LogP contribution >= 0.6 is 12.2 Å². The summed E-state index contributed by atoms with van der Waals surface area (Å²) in [5, 5.41) is 2.93. The fraction of sp³-hybridized carbons (Fsp3) is 0.417. The Bertz CT molecular complexity index is 641. The smallest absolute Gasteiger partial charge is 0.223 e. The first-order valence-corrected chi connectivity index (χ1v) is 6.48. The third kappa shape index (κ3) is 2.15. The van der Waals surface area contributed by atoms with Crippen LogP contribution in [0.15, 0.2) is 18.3 Å². The van der Waals surface area contributed by atoms with Gasteiger partial charge in [-0.05, 0) is 37.2 Å². The predicted octanol–water partition coefficient (Wildman–Crippen LogP) is 1.62. The van der Waals surface area contributed by atoms with Crippen molar-refractivity contribution in [3.8, 4) is 0 Å². The van der Waals surface area contributed by atoms with Crippen LogP contribution in [0.4, 0.5) is 0 Å². The number of imidazole rings is 1. The summed E-state index contributed by atoms with van der Waals surface area (Å²) in [6.45, 7) is 1.24. The highest BCUT2D eigenvalue weighted by Gasteiger charge is 2.29. The lowest BCUT2D eigenvalue weighted by Crippen LogP contribution is -2.28. The van der Waals surface area contributed by atoms with Gasteiger partial charge >= 0.3 is 0 Å². The molecule has 5 nitrogen and oxygen atoms in total. The van der Waals surface area contributed by atoms with E-state index in [1.54, 1.807) is 6.20 Å². The van der Waals surface area contributed by atoms with Crippen LogP contribution < -0.4 is 5.32 Å². The quantitative estimate of drug-likeness (QED) is 0.823. The van der Waals surface area contributed by atoms with Crippen LogP contribution in [0.5, 0.6) is 0 Å². The summed E-state index contributed by atoms with van der Waals surface area (Å²) in [4.78, 5) is 18.9. The Labute approximate surface area is 109 Å². The fourth-order valence-electron chi connectivity index (χ4n) is 1.98. The maximum absolute atomic E-state index is 11.5. The zero-order valence-corrected chi connectivity index (χ0v) is 10.7. The highest BCUT2D eigenvalue weighted by Crippen LogP contribution is 2.28. The van der Waals surface area contributed by atoms with Crippen molar-refractivity contribution in [1.29, 1.82) is 0 Å². The van der Waals surface area contributed by atoms with E-state index in [9.17, 15) is 4.79 Å². The molecule has 18 heavy (non-hydrogen) atoms. The van der Waals surface area contributed by atoms with Gasteiger partial charge in [-0.15, -0.1) is 0 Å². The highest BCUT2D eigenvalue weighted by atomic mass is 32.1. The van der Waals surface area contributed by atoms with E-state index in [1.165, 1.54) is 0 Å². The summed E-state index contributed by atoms with van der Waals surface area (Å²) in [6, 6.07) is 3.81. The molecule has 0 aliphatic heterocycles. The summed E-state index contributed by atoms with van der Waals surface area (Å²) < 4.78 is 2.56. The molecule has 0 radical (unpaired) electrons. The normalized spacial score (nSPS) is 14.9. The first-order valence-electron chi connectivity index (χ1n) is 6.07. The van der Waals surface area contributed by atoms with Crippen LogP contribution in [0, 0.1) is 10.7 Å². The standard InChI is InChI=1S/C12H14N4OS/c17-11(8-3-4-8)14-6-7-16-10-9(15-12(16)18)2-1-5-13-10/h1-2,5,8H,3-4,6-7H2,(H,14,17)(H,15,18). The molecule has 0 saturated heterocycles. The van der Waals surface area contributed by atoms with Crippen molar-refractivity contribution >= 4 is 29.3 Å². The Balaban J connectivity index is 1.72. The van der Waals surface area contributed by atoms with Gasteiger partial charge in [0.2, 0.25) is 5.91 Å². The average Bonchev–Trinajstić information content (AvgIpc) is 3.15. The lowest BCUT2D eigenvalue weighted by molar-refractivity contribution is -0.122. The van der Waals surface area contributed by atoms with Gasteiger partial charge in [0.15, 0.2) is 10.4 Å². The predicted molar refractivity (Wildman–Crippen MR) is 70.7 cm³/mol. The molecule has 2 aromatic heterocycles. The maximum atomic E-state index is 11.5. The second-order valence-electron chi connectivity index (χ2n) is 4.52. The van der Waals surface area contributed by atoms with Crippen molar-refractivity contribution in [2.45, 2.75) is 19.4 Å². The zero-order chi connectivity index (χ0) is 12.5. The van der Waals surface area contributed by atoms with Crippen LogP contribution in [-0.4, -0.2) is 27.0 Å². The number of aromatic amines is 1. The Morgan fingerprint density at radius 1 is 1.61 bits per heavy atom. The van der Waals surface area contributed by atoms with Crippen molar-refractivity contribution in [2.24, 2.45) is 5.92 Å². The number of nitrogens with zero attached hydrogens (tertiary/aromatic N) is 2. The molecular formula is C12H14N4OS. The molecule has 1 amide bonds. The van der Waals surface area contributed by atoms with Gasteiger partial charge in [0, 0.05) is 25.2 Å². The van der Waals surface area contributed by atoms with Gasteiger partial charge in [0.25, 0.3) is 0 Å². The Morgan fingerprint density at radius 3 is 3.22 bits per heavy atom. The number of pyridine rings is 1. The molecule has 1 fully saturated rings. The molecule has 2 heterocycles. The summed E-state index contributed by atoms with van der Waals surface area (Å²) in [5.74, 6) is 0.411. The fourth-order valence-corrected chi connectivity index (χ4v) is 2.26. The highest BCUT2D eigenvalue weighted by molar-refractivity contribution is 7.71. The van der Waals surface area contributed by atoms with E-state index >= 15 is 0 Å². The number of amides is 1. The van der Waals surface area contributed by atoms with E-state index in [2.05, 4.69) is 15.3 Å². The summed E-state index contributed by atoms with van der Waals surface area (Å²) >= 11 is 5.25. The second kappa shape index (κ2) is 4.53. The SMILES string of the molecule is O=C(NCCn1c(=S)[nH]c2cccnc21)C1CC1. The van der Waals surface area contributed by atoms with E-state index in [-0.39, 0.29) is 11.8 Å². The van der Waals surface area contributed by atoms with E-state index < -0.39 is 0 Å². The molecule has 0 aromatic carbocycles. The zero-order valence-electron chi connectivity index (χ0n) is 9.85. The van der Waals surface area contributed by atoms with Gasteiger partial charge in [-0.3, -0.25) is 9.36 Å². The Hall–Kier alpha value is -1.69. The van der Waals surface area contributed by atoms with E-state index in [1.807, 2.05) is 16.7 Å². The molecule has 94 valence electrons. The molecule has 6 heteroatoms. The molecule has 2 N–H and O–H groups in total. The molecule has 1 saturated carbocycles. The molecule has 0 spiro atoms. The van der Waals surface area contributed by atoms with Crippen molar-refractivity contribution in [3.63, 3.8) is 0 Å². The van der Waals surface area contributed by atoms with Gasteiger partial charge in [0.1, 0.15) is 0 Å². The number of aromatic nitrogens is 3.